The number of carbonyl (C=O) groups excluding carboxylic acids is 2. The molecule has 0 aromatic carbocycles. The van der Waals surface area contributed by atoms with Crippen LogP contribution >= 0.6 is 11.3 Å². The summed E-state index contributed by atoms with van der Waals surface area (Å²) in [6.07, 6.45) is 2.22. The first kappa shape index (κ1) is 20.1. The number of thiazole rings is 1. The van der Waals surface area contributed by atoms with Crippen molar-refractivity contribution in [3.05, 3.63) is 35.2 Å². The van der Waals surface area contributed by atoms with E-state index >= 15 is 0 Å². The Labute approximate surface area is 173 Å². The lowest BCUT2D eigenvalue weighted by atomic mass is 10.1. The number of carbonyl (C=O) groups is 2. The first-order valence-corrected chi connectivity index (χ1v) is 10.8. The molecule has 0 bridgehead atoms. The molecule has 2 aliphatic rings. The van der Waals surface area contributed by atoms with Crippen molar-refractivity contribution in [3.63, 3.8) is 0 Å². The number of aromatic nitrogens is 1. The van der Waals surface area contributed by atoms with Crippen LogP contribution < -0.4 is 5.32 Å². The molecule has 1 N–H and O–H groups in total. The Hall–Kier alpha value is -2.23. The van der Waals surface area contributed by atoms with Gasteiger partial charge in [-0.1, -0.05) is 0 Å². The maximum Gasteiger partial charge on any atom is 0.231 e. The zero-order valence-electron chi connectivity index (χ0n) is 16.7. The van der Waals surface area contributed by atoms with Crippen molar-refractivity contribution < 1.29 is 18.7 Å². The van der Waals surface area contributed by atoms with Crippen molar-refractivity contribution in [2.24, 2.45) is 5.92 Å². The number of nitrogens with one attached hydrogen (secondary N) is 1. The van der Waals surface area contributed by atoms with Gasteiger partial charge in [0.25, 0.3) is 0 Å². The third-order valence-electron chi connectivity index (χ3n) is 5.17. The summed E-state index contributed by atoms with van der Waals surface area (Å²) in [5.74, 6) is 0.160. The molecule has 3 unspecified atom stereocenters. The van der Waals surface area contributed by atoms with Crippen LogP contribution in [-0.2, 0) is 27.4 Å². The molecule has 156 valence electrons. The molecular formula is C20H26N4O4S. The number of anilines is 1. The highest BCUT2D eigenvalue weighted by atomic mass is 32.1. The molecule has 9 heteroatoms. The minimum Gasteiger partial charge on any atom is -0.467 e. The number of furan rings is 1. The molecule has 2 saturated heterocycles. The van der Waals surface area contributed by atoms with Crippen molar-refractivity contribution in [2.45, 2.75) is 45.6 Å². The molecule has 2 aromatic rings. The van der Waals surface area contributed by atoms with Crippen LogP contribution in [0.3, 0.4) is 0 Å². The molecule has 0 radical (unpaired) electrons. The van der Waals surface area contributed by atoms with Crippen LogP contribution in [0.2, 0.25) is 0 Å². The summed E-state index contributed by atoms with van der Waals surface area (Å²) in [7, 11) is 0. The standard InChI is InChI=1S/C20H26N4O4S/c1-13-7-23(8-14(2)28-13)10-16-12-29-20(21-16)22-19(26)15-6-18(25)24(9-15)11-17-4-3-5-27-17/h3-5,12-15H,6-11H2,1-2H3,(H,21,22,26). The van der Waals surface area contributed by atoms with Gasteiger partial charge in [-0.3, -0.25) is 14.5 Å². The maximum atomic E-state index is 12.6. The zero-order valence-corrected chi connectivity index (χ0v) is 17.5. The highest BCUT2D eigenvalue weighted by Gasteiger charge is 2.35. The van der Waals surface area contributed by atoms with E-state index in [-0.39, 0.29) is 36.4 Å². The first-order valence-electron chi connectivity index (χ1n) is 9.89. The van der Waals surface area contributed by atoms with Gasteiger partial charge in [-0.15, -0.1) is 11.3 Å². The van der Waals surface area contributed by atoms with Crippen molar-refractivity contribution in [1.82, 2.24) is 14.8 Å². The van der Waals surface area contributed by atoms with Crippen molar-refractivity contribution >= 4 is 28.3 Å². The topological polar surface area (TPSA) is 87.9 Å². The van der Waals surface area contributed by atoms with Gasteiger partial charge >= 0.3 is 0 Å². The van der Waals surface area contributed by atoms with Gasteiger partial charge in [0.05, 0.1) is 36.6 Å². The van der Waals surface area contributed by atoms with E-state index in [0.717, 1.165) is 31.1 Å². The molecule has 0 saturated carbocycles. The number of amides is 2. The summed E-state index contributed by atoms with van der Waals surface area (Å²) in [4.78, 5) is 33.4. The van der Waals surface area contributed by atoms with Gasteiger partial charge in [0.15, 0.2) is 5.13 Å². The predicted octanol–water partition coefficient (Wildman–Crippen LogP) is 2.33. The maximum absolute atomic E-state index is 12.6. The lowest BCUT2D eigenvalue weighted by Crippen LogP contribution is -2.44. The summed E-state index contributed by atoms with van der Waals surface area (Å²) < 4.78 is 11.1. The van der Waals surface area contributed by atoms with E-state index in [1.807, 2.05) is 11.4 Å². The second-order valence-electron chi connectivity index (χ2n) is 7.84. The van der Waals surface area contributed by atoms with Crippen LogP contribution in [0.1, 0.15) is 31.7 Å². The summed E-state index contributed by atoms with van der Waals surface area (Å²) in [5, 5.41) is 5.44. The molecule has 0 spiro atoms. The number of rotatable bonds is 6. The lowest BCUT2D eigenvalue weighted by molar-refractivity contribution is -0.128. The van der Waals surface area contributed by atoms with Gasteiger partial charge in [-0.2, -0.15) is 0 Å². The summed E-state index contributed by atoms with van der Waals surface area (Å²) in [5.41, 5.74) is 0.938. The van der Waals surface area contributed by atoms with E-state index in [2.05, 4.69) is 29.0 Å². The largest absolute Gasteiger partial charge is 0.467 e. The number of hydrogen-bond donors (Lipinski definition) is 1. The summed E-state index contributed by atoms with van der Waals surface area (Å²) in [6, 6.07) is 3.62. The number of nitrogens with zero attached hydrogens (tertiary/aromatic N) is 3. The first-order chi connectivity index (χ1) is 14.0. The fourth-order valence-corrected chi connectivity index (χ4v) is 4.68. The zero-order chi connectivity index (χ0) is 20.4. The highest BCUT2D eigenvalue weighted by molar-refractivity contribution is 7.13. The van der Waals surface area contributed by atoms with Gasteiger partial charge < -0.3 is 19.4 Å². The van der Waals surface area contributed by atoms with E-state index in [9.17, 15) is 9.59 Å². The molecule has 29 heavy (non-hydrogen) atoms. The van der Waals surface area contributed by atoms with Crippen LogP contribution in [-0.4, -0.2) is 58.4 Å². The van der Waals surface area contributed by atoms with Crippen LogP contribution in [0.5, 0.6) is 0 Å². The smallest absolute Gasteiger partial charge is 0.231 e. The van der Waals surface area contributed by atoms with E-state index in [1.54, 1.807) is 17.2 Å². The van der Waals surface area contributed by atoms with E-state index in [0.29, 0.717) is 18.2 Å². The minimum absolute atomic E-state index is 0.0306. The number of likely N-dealkylation sites (tertiary alicyclic amines) is 1. The fraction of sp³-hybridized carbons (Fsp3) is 0.550. The molecule has 2 amide bonds. The fourth-order valence-electron chi connectivity index (χ4n) is 3.98. The number of ether oxygens (including phenoxy) is 1. The molecule has 3 atom stereocenters. The van der Waals surface area contributed by atoms with E-state index in [1.165, 1.54) is 11.3 Å². The van der Waals surface area contributed by atoms with Gasteiger partial charge in [-0.05, 0) is 26.0 Å². The van der Waals surface area contributed by atoms with Crippen LogP contribution in [0, 0.1) is 5.92 Å². The molecule has 4 rings (SSSR count). The molecule has 4 heterocycles. The Morgan fingerprint density at radius 3 is 2.79 bits per heavy atom. The molecule has 2 aliphatic heterocycles. The van der Waals surface area contributed by atoms with Crippen LogP contribution in [0.15, 0.2) is 28.2 Å². The van der Waals surface area contributed by atoms with E-state index < -0.39 is 0 Å². The SMILES string of the molecule is CC1CN(Cc2csc(NC(=O)C3CC(=O)N(Cc4ccco4)C3)n2)CC(C)O1. The predicted molar refractivity (Wildman–Crippen MR) is 108 cm³/mol. The van der Waals surface area contributed by atoms with Gasteiger partial charge in [0.1, 0.15) is 5.76 Å². The number of hydrogen-bond acceptors (Lipinski definition) is 7. The second kappa shape index (κ2) is 8.64. The van der Waals surface area contributed by atoms with Crippen LogP contribution in [0.25, 0.3) is 0 Å². The Kier molecular flexibility index (Phi) is 5.98. The summed E-state index contributed by atoms with van der Waals surface area (Å²) >= 11 is 1.42. The van der Waals surface area contributed by atoms with Crippen molar-refractivity contribution in [3.8, 4) is 0 Å². The lowest BCUT2D eigenvalue weighted by Gasteiger charge is -2.34. The molecular weight excluding hydrogens is 392 g/mol. The average Bonchev–Trinajstić information content (AvgIpc) is 3.38. The Bertz CT molecular complexity index is 843. The Morgan fingerprint density at radius 1 is 1.28 bits per heavy atom. The normalized spacial score (nSPS) is 25.5. The van der Waals surface area contributed by atoms with E-state index in [4.69, 9.17) is 9.15 Å². The third kappa shape index (κ3) is 5.04. The average molecular weight is 419 g/mol. The third-order valence-corrected chi connectivity index (χ3v) is 5.98. The van der Waals surface area contributed by atoms with Crippen LogP contribution in [0.4, 0.5) is 5.13 Å². The van der Waals surface area contributed by atoms with Crippen molar-refractivity contribution in [1.29, 1.82) is 0 Å². The van der Waals surface area contributed by atoms with Gasteiger partial charge in [0, 0.05) is 38.0 Å². The minimum atomic E-state index is -0.370. The second-order valence-corrected chi connectivity index (χ2v) is 8.70. The summed E-state index contributed by atoms with van der Waals surface area (Å²) in [6.45, 7) is 7.43. The van der Waals surface area contributed by atoms with Gasteiger partial charge in [-0.25, -0.2) is 4.98 Å². The van der Waals surface area contributed by atoms with Crippen molar-refractivity contribution in [2.75, 3.05) is 25.0 Å². The Morgan fingerprint density at radius 2 is 2.07 bits per heavy atom. The molecule has 8 nitrogen and oxygen atoms in total. The monoisotopic (exact) mass is 418 g/mol. The molecule has 0 aliphatic carbocycles. The molecule has 2 aromatic heterocycles. The Balaban J connectivity index is 1.29. The molecule has 2 fully saturated rings. The van der Waals surface area contributed by atoms with Gasteiger partial charge in [0.2, 0.25) is 11.8 Å². The quantitative estimate of drug-likeness (QED) is 0.775. The highest BCUT2D eigenvalue weighted by Crippen LogP contribution is 2.24. The number of morpholine rings is 1.